The molecule has 0 spiro atoms. The Morgan fingerprint density at radius 3 is 3.00 bits per heavy atom. The van der Waals surface area contributed by atoms with Crippen LogP contribution in [0.2, 0.25) is 0 Å². The van der Waals surface area contributed by atoms with E-state index in [2.05, 4.69) is 27.1 Å². The summed E-state index contributed by atoms with van der Waals surface area (Å²) in [4.78, 5) is 2.39. The van der Waals surface area contributed by atoms with Gasteiger partial charge >= 0.3 is 76.4 Å². The van der Waals surface area contributed by atoms with Crippen molar-refractivity contribution < 1.29 is 0 Å². The third-order valence-corrected chi connectivity index (χ3v) is 2.99. The Labute approximate surface area is 76.8 Å². The van der Waals surface area contributed by atoms with Crippen molar-refractivity contribution >= 4 is 20.1 Å². The molecule has 11 heavy (non-hydrogen) atoms. The van der Waals surface area contributed by atoms with Crippen LogP contribution < -0.4 is 0 Å². The summed E-state index contributed by atoms with van der Waals surface area (Å²) in [6.07, 6.45) is 7.25. The Balaban J connectivity index is 2.45. The van der Waals surface area contributed by atoms with Gasteiger partial charge in [0.2, 0.25) is 0 Å². The summed E-state index contributed by atoms with van der Waals surface area (Å²) in [7, 11) is 0. The molecule has 0 aromatic rings. The summed E-state index contributed by atoms with van der Waals surface area (Å²) in [6.45, 7) is 5.96. The second-order valence-corrected chi connectivity index (χ2v) is 3.93. The topological polar surface area (TPSA) is 3.24 Å². The van der Waals surface area contributed by atoms with Gasteiger partial charge in [-0.15, -0.1) is 0 Å². The fourth-order valence-electron chi connectivity index (χ4n) is 1.39. The van der Waals surface area contributed by atoms with Crippen LogP contribution in [0, 0.1) is 0 Å². The monoisotopic (exact) mass is 217 g/mol. The normalized spacial score (nSPS) is 19.6. The quantitative estimate of drug-likeness (QED) is 0.497. The van der Waals surface area contributed by atoms with Crippen LogP contribution in [0.5, 0.6) is 0 Å². The average molecular weight is 216 g/mol. The van der Waals surface area contributed by atoms with E-state index < -0.39 is 0 Å². The molecule has 1 fully saturated rings. The van der Waals surface area contributed by atoms with Crippen LogP contribution in [0.1, 0.15) is 25.7 Å². The van der Waals surface area contributed by atoms with Gasteiger partial charge in [-0.3, -0.25) is 0 Å². The predicted octanol–water partition coefficient (Wildman–Crippen LogP) is 1.35. The molecule has 1 heterocycles. The molecule has 2 heteroatoms. The Morgan fingerprint density at radius 2 is 2.27 bits per heavy atom. The molecule has 0 radical (unpaired) electrons. The van der Waals surface area contributed by atoms with Gasteiger partial charge in [0.1, 0.15) is 0 Å². The summed E-state index contributed by atoms with van der Waals surface area (Å²) in [5.74, 6) is 0. The molecule has 0 amide bonds. The molecule has 1 aliphatic rings. The third kappa shape index (κ3) is 2.80. The van der Waals surface area contributed by atoms with E-state index in [1.807, 2.05) is 6.08 Å². The molecular formula is C9H15NSe. The average Bonchev–Trinajstić information content (AvgIpc) is 2.18. The van der Waals surface area contributed by atoms with E-state index in [-0.39, 0.29) is 0 Å². The van der Waals surface area contributed by atoms with Crippen molar-refractivity contribution in [1.29, 1.82) is 0 Å². The van der Waals surface area contributed by atoms with Gasteiger partial charge in [-0.25, -0.2) is 0 Å². The molecule has 1 saturated heterocycles. The predicted molar refractivity (Wildman–Crippen MR) is 51.0 cm³/mol. The SMILES string of the molecule is C=CCN1CCCCCC1=[Se]. The van der Waals surface area contributed by atoms with Crippen LogP contribution in [0.15, 0.2) is 12.7 Å². The Morgan fingerprint density at radius 1 is 1.45 bits per heavy atom. The Kier molecular flexibility index (Phi) is 3.88. The van der Waals surface area contributed by atoms with E-state index in [0.717, 1.165) is 6.54 Å². The van der Waals surface area contributed by atoms with Gasteiger partial charge in [-0.1, -0.05) is 0 Å². The first-order valence-corrected chi connectivity index (χ1v) is 5.09. The molecule has 0 N–H and O–H groups in total. The zero-order chi connectivity index (χ0) is 8.10. The van der Waals surface area contributed by atoms with Crippen LogP contribution in [0.3, 0.4) is 0 Å². The van der Waals surface area contributed by atoms with Gasteiger partial charge < -0.3 is 0 Å². The molecule has 1 rings (SSSR count). The number of hydrogen-bond acceptors (Lipinski definition) is 1. The first-order valence-electron chi connectivity index (χ1n) is 4.23. The van der Waals surface area contributed by atoms with Crippen LogP contribution in [0.4, 0.5) is 0 Å². The van der Waals surface area contributed by atoms with Gasteiger partial charge in [-0.05, 0) is 0 Å². The fraction of sp³-hybridized carbons (Fsp3) is 0.667. The van der Waals surface area contributed by atoms with E-state index in [4.69, 9.17) is 0 Å². The van der Waals surface area contributed by atoms with Gasteiger partial charge in [0.25, 0.3) is 0 Å². The molecule has 0 aromatic heterocycles. The molecule has 0 unspecified atom stereocenters. The number of nitrogens with zero attached hydrogens (tertiary/aromatic N) is 1. The molecule has 0 atom stereocenters. The molecule has 62 valence electrons. The van der Waals surface area contributed by atoms with Crippen molar-refractivity contribution in [1.82, 2.24) is 4.90 Å². The van der Waals surface area contributed by atoms with Crippen molar-refractivity contribution in [2.45, 2.75) is 25.7 Å². The molecule has 0 saturated carbocycles. The van der Waals surface area contributed by atoms with E-state index in [1.54, 1.807) is 0 Å². The Bertz CT molecular complexity index is 154. The standard InChI is InChI=1S/C9H15NSe/c1-2-7-10-8-5-3-4-6-9(10)11/h2H,1,3-8H2. The first kappa shape index (κ1) is 9.02. The zero-order valence-electron chi connectivity index (χ0n) is 6.88. The fourth-order valence-corrected chi connectivity index (χ4v) is 2.04. The minimum absolute atomic E-state index is 1.00. The summed E-state index contributed by atoms with van der Waals surface area (Å²) in [6, 6.07) is 0. The molecule has 1 nitrogen and oxygen atoms in total. The van der Waals surface area contributed by atoms with Crippen LogP contribution >= 0.6 is 0 Å². The van der Waals surface area contributed by atoms with Crippen molar-refractivity contribution in [3.8, 4) is 0 Å². The van der Waals surface area contributed by atoms with Crippen LogP contribution in [-0.4, -0.2) is 38.1 Å². The number of rotatable bonds is 2. The van der Waals surface area contributed by atoms with Crippen LogP contribution in [-0.2, 0) is 0 Å². The molecule has 0 aromatic carbocycles. The molecule has 0 bridgehead atoms. The van der Waals surface area contributed by atoms with E-state index >= 15 is 0 Å². The van der Waals surface area contributed by atoms with Crippen molar-refractivity contribution in [2.75, 3.05) is 13.1 Å². The van der Waals surface area contributed by atoms with Gasteiger partial charge in [-0.2, -0.15) is 0 Å². The van der Waals surface area contributed by atoms with Gasteiger partial charge in [0.05, 0.1) is 0 Å². The molecule has 0 aliphatic carbocycles. The number of likely N-dealkylation sites (tertiary alicyclic amines) is 1. The van der Waals surface area contributed by atoms with Gasteiger partial charge in [0.15, 0.2) is 0 Å². The summed E-state index contributed by atoms with van der Waals surface area (Å²) >= 11 is 3.15. The summed E-state index contributed by atoms with van der Waals surface area (Å²) in [5, 5.41) is 0. The first-order chi connectivity index (χ1) is 5.34. The summed E-state index contributed by atoms with van der Waals surface area (Å²) in [5.41, 5.74) is 0. The molecule has 1 aliphatic heterocycles. The van der Waals surface area contributed by atoms with Gasteiger partial charge in [0, 0.05) is 0 Å². The summed E-state index contributed by atoms with van der Waals surface area (Å²) < 4.78 is 1.42. The second-order valence-electron chi connectivity index (χ2n) is 2.94. The second kappa shape index (κ2) is 4.74. The Hall–Kier alpha value is -0.0705. The van der Waals surface area contributed by atoms with Crippen molar-refractivity contribution in [2.24, 2.45) is 0 Å². The minimum atomic E-state index is 1.00. The zero-order valence-corrected chi connectivity index (χ0v) is 8.60. The maximum atomic E-state index is 3.75. The van der Waals surface area contributed by atoms with Crippen molar-refractivity contribution in [3.63, 3.8) is 0 Å². The van der Waals surface area contributed by atoms with E-state index in [9.17, 15) is 0 Å². The number of hydrogen-bond donors (Lipinski definition) is 0. The molecular weight excluding hydrogens is 201 g/mol. The van der Waals surface area contributed by atoms with Crippen molar-refractivity contribution in [3.05, 3.63) is 12.7 Å². The van der Waals surface area contributed by atoms with E-state index in [1.165, 1.54) is 36.8 Å². The van der Waals surface area contributed by atoms with Crippen LogP contribution in [0.25, 0.3) is 0 Å². The third-order valence-electron chi connectivity index (χ3n) is 2.02. The maximum absolute atomic E-state index is 3.75. The van der Waals surface area contributed by atoms with E-state index in [0.29, 0.717) is 0 Å².